The van der Waals surface area contributed by atoms with E-state index >= 15 is 0 Å². The Labute approximate surface area is 126 Å². The lowest BCUT2D eigenvalue weighted by molar-refractivity contribution is -0.186. The molecular weight excluding hydrogens is 305 g/mol. The SMILES string of the molecule is Cc1nn(C)c(Cl)c1CC(=O)C1CCCC(C(F)(F)F)C1. The third-order valence-electron chi connectivity index (χ3n) is 4.21. The Balaban J connectivity index is 2.06. The number of hydrogen-bond donors (Lipinski definition) is 0. The van der Waals surface area contributed by atoms with Crippen LogP contribution in [-0.4, -0.2) is 21.7 Å². The van der Waals surface area contributed by atoms with Gasteiger partial charge in [-0.25, -0.2) is 0 Å². The molecule has 0 saturated heterocycles. The number of nitrogens with zero attached hydrogens (tertiary/aromatic N) is 2. The smallest absolute Gasteiger partial charge is 0.299 e. The number of rotatable bonds is 3. The van der Waals surface area contributed by atoms with Gasteiger partial charge in [-0.15, -0.1) is 0 Å². The van der Waals surface area contributed by atoms with Gasteiger partial charge in [-0.1, -0.05) is 18.0 Å². The van der Waals surface area contributed by atoms with Crippen LogP contribution in [0.1, 0.15) is 36.9 Å². The number of Topliss-reactive ketones (excluding diaryl/α,β-unsaturated/α-hetero) is 1. The van der Waals surface area contributed by atoms with Crippen molar-refractivity contribution in [1.29, 1.82) is 0 Å². The van der Waals surface area contributed by atoms with Crippen molar-refractivity contribution in [3.05, 3.63) is 16.4 Å². The van der Waals surface area contributed by atoms with Gasteiger partial charge in [-0.2, -0.15) is 18.3 Å². The van der Waals surface area contributed by atoms with E-state index in [2.05, 4.69) is 5.10 Å². The Hall–Kier alpha value is -1.04. The molecule has 1 fully saturated rings. The van der Waals surface area contributed by atoms with E-state index in [0.717, 1.165) is 0 Å². The van der Waals surface area contributed by atoms with Gasteiger partial charge in [0.2, 0.25) is 0 Å². The summed E-state index contributed by atoms with van der Waals surface area (Å²) in [6.45, 7) is 1.74. The lowest BCUT2D eigenvalue weighted by atomic mass is 9.78. The van der Waals surface area contributed by atoms with Gasteiger partial charge in [0.05, 0.1) is 11.6 Å². The third kappa shape index (κ3) is 3.59. The van der Waals surface area contributed by atoms with Gasteiger partial charge in [0.1, 0.15) is 10.9 Å². The first kappa shape index (κ1) is 16.3. The summed E-state index contributed by atoms with van der Waals surface area (Å²) in [4.78, 5) is 12.3. The summed E-state index contributed by atoms with van der Waals surface area (Å²) in [5.41, 5.74) is 1.28. The van der Waals surface area contributed by atoms with E-state index in [1.54, 1.807) is 14.0 Å². The second-order valence-electron chi connectivity index (χ2n) is 5.72. The standard InChI is InChI=1S/C14H18ClF3N2O/c1-8-11(13(15)20(2)19-8)7-12(21)9-4-3-5-10(6-9)14(16,17)18/h9-10H,3-7H2,1-2H3. The zero-order valence-corrected chi connectivity index (χ0v) is 12.8. The van der Waals surface area contributed by atoms with Crippen LogP contribution in [0, 0.1) is 18.8 Å². The van der Waals surface area contributed by atoms with Gasteiger partial charge in [0.25, 0.3) is 0 Å². The number of carbonyl (C=O) groups excluding carboxylic acids is 1. The highest BCUT2D eigenvalue weighted by Gasteiger charge is 2.43. The van der Waals surface area contributed by atoms with E-state index in [1.165, 1.54) is 4.68 Å². The van der Waals surface area contributed by atoms with Crippen LogP contribution in [0.2, 0.25) is 5.15 Å². The second-order valence-corrected chi connectivity index (χ2v) is 6.08. The van der Waals surface area contributed by atoms with Gasteiger partial charge in [-0.05, 0) is 26.2 Å². The Morgan fingerprint density at radius 2 is 2.10 bits per heavy atom. The Kier molecular flexibility index (Phi) is 4.66. The molecule has 7 heteroatoms. The average molecular weight is 323 g/mol. The number of hydrogen-bond acceptors (Lipinski definition) is 2. The maximum absolute atomic E-state index is 12.8. The molecule has 0 aromatic carbocycles. The molecule has 0 N–H and O–H groups in total. The summed E-state index contributed by atoms with van der Waals surface area (Å²) in [5.74, 6) is -2.05. The summed E-state index contributed by atoms with van der Waals surface area (Å²) in [6, 6.07) is 0. The third-order valence-corrected chi connectivity index (χ3v) is 4.69. The molecule has 2 atom stereocenters. The minimum absolute atomic E-state index is 0.0632. The maximum atomic E-state index is 12.8. The van der Waals surface area contributed by atoms with Crippen LogP contribution in [0.15, 0.2) is 0 Å². The molecule has 1 aromatic heterocycles. The summed E-state index contributed by atoms with van der Waals surface area (Å²) < 4.78 is 39.8. The molecule has 1 aliphatic carbocycles. The largest absolute Gasteiger partial charge is 0.391 e. The highest BCUT2D eigenvalue weighted by Crippen LogP contribution is 2.40. The van der Waals surface area contributed by atoms with Crippen molar-refractivity contribution in [1.82, 2.24) is 9.78 Å². The van der Waals surface area contributed by atoms with Gasteiger partial charge in [0.15, 0.2) is 0 Å². The Morgan fingerprint density at radius 1 is 1.43 bits per heavy atom. The summed E-state index contributed by atoms with van der Waals surface area (Å²) in [7, 11) is 1.67. The van der Waals surface area contributed by atoms with Crippen molar-refractivity contribution in [2.24, 2.45) is 18.9 Å². The maximum Gasteiger partial charge on any atom is 0.391 e. The van der Waals surface area contributed by atoms with Crippen molar-refractivity contribution < 1.29 is 18.0 Å². The van der Waals surface area contributed by atoms with Gasteiger partial charge in [-0.3, -0.25) is 9.48 Å². The van der Waals surface area contributed by atoms with Gasteiger partial charge < -0.3 is 0 Å². The number of halogens is 4. The second kappa shape index (κ2) is 5.99. The van der Waals surface area contributed by atoms with Crippen LogP contribution in [0.5, 0.6) is 0 Å². The lowest BCUT2D eigenvalue weighted by Crippen LogP contribution is -2.32. The van der Waals surface area contributed by atoms with Crippen molar-refractivity contribution in [3.63, 3.8) is 0 Å². The van der Waals surface area contributed by atoms with Crippen LogP contribution in [0.25, 0.3) is 0 Å². The Bertz CT molecular complexity index is 539. The Morgan fingerprint density at radius 3 is 2.62 bits per heavy atom. The van der Waals surface area contributed by atoms with E-state index in [-0.39, 0.29) is 25.0 Å². The molecule has 0 amide bonds. The van der Waals surface area contributed by atoms with Crippen LogP contribution < -0.4 is 0 Å². The number of carbonyl (C=O) groups is 1. The minimum atomic E-state index is -4.21. The number of ketones is 1. The molecule has 1 aromatic rings. The number of alkyl halides is 3. The van der Waals surface area contributed by atoms with Crippen LogP contribution in [0.4, 0.5) is 13.2 Å². The topological polar surface area (TPSA) is 34.9 Å². The lowest BCUT2D eigenvalue weighted by Gasteiger charge is -2.29. The minimum Gasteiger partial charge on any atom is -0.299 e. The highest BCUT2D eigenvalue weighted by molar-refractivity contribution is 6.30. The first-order valence-electron chi connectivity index (χ1n) is 6.97. The van der Waals surface area contributed by atoms with Crippen molar-refractivity contribution >= 4 is 17.4 Å². The van der Waals surface area contributed by atoms with E-state index in [4.69, 9.17) is 11.6 Å². The van der Waals surface area contributed by atoms with Crippen LogP contribution in [-0.2, 0) is 18.3 Å². The fourth-order valence-electron chi connectivity index (χ4n) is 2.97. The number of aryl methyl sites for hydroxylation is 2. The molecule has 0 bridgehead atoms. The van der Waals surface area contributed by atoms with Crippen molar-refractivity contribution in [2.45, 2.75) is 45.2 Å². The molecule has 2 unspecified atom stereocenters. The van der Waals surface area contributed by atoms with Crippen molar-refractivity contribution in [2.75, 3.05) is 0 Å². The predicted octanol–water partition coefficient (Wildman–Crippen LogP) is 3.86. The van der Waals surface area contributed by atoms with E-state index in [9.17, 15) is 18.0 Å². The predicted molar refractivity (Wildman–Crippen MR) is 73.2 cm³/mol. The molecule has 21 heavy (non-hydrogen) atoms. The molecule has 1 aliphatic rings. The monoisotopic (exact) mass is 322 g/mol. The molecule has 0 spiro atoms. The van der Waals surface area contributed by atoms with E-state index < -0.39 is 18.0 Å². The quantitative estimate of drug-likeness (QED) is 0.847. The molecule has 1 heterocycles. The van der Waals surface area contributed by atoms with Gasteiger partial charge in [0, 0.05) is 24.9 Å². The summed E-state index contributed by atoms with van der Waals surface area (Å²) in [6.07, 6.45) is -3.14. The summed E-state index contributed by atoms with van der Waals surface area (Å²) in [5, 5.41) is 4.49. The summed E-state index contributed by atoms with van der Waals surface area (Å²) >= 11 is 6.07. The van der Waals surface area contributed by atoms with E-state index in [1.807, 2.05) is 0 Å². The normalized spacial score (nSPS) is 23.3. The number of aromatic nitrogens is 2. The molecule has 118 valence electrons. The van der Waals surface area contributed by atoms with Crippen molar-refractivity contribution in [3.8, 4) is 0 Å². The fourth-order valence-corrected chi connectivity index (χ4v) is 3.21. The van der Waals surface area contributed by atoms with Gasteiger partial charge >= 0.3 is 6.18 Å². The van der Waals surface area contributed by atoms with E-state index in [0.29, 0.717) is 29.3 Å². The average Bonchev–Trinajstić information content (AvgIpc) is 2.64. The molecule has 2 rings (SSSR count). The first-order valence-corrected chi connectivity index (χ1v) is 7.35. The van der Waals surface area contributed by atoms with Crippen LogP contribution >= 0.6 is 11.6 Å². The zero-order valence-electron chi connectivity index (χ0n) is 12.0. The fraction of sp³-hybridized carbons (Fsp3) is 0.714. The highest BCUT2D eigenvalue weighted by atomic mass is 35.5. The molecule has 0 aliphatic heterocycles. The molecule has 1 saturated carbocycles. The molecule has 3 nitrogen and oxygen atoms in total. The van der Waals surface area contributed by atoms with Crippen LogP contribution in [0.3, 0.4) is 0 Å². The molecule has 0 radical (unpaired) electrons. The zero-order chi connectivity index (χ0) is 15.8. The molecular formula is C14H18ClF3N2O. The first-order chi connectivity index (χ1) is 9.70.